The fourth-order valence-corrected chi connectivity index (χ4v) is 5.66. The van der Waals surface area contributed by atoms with E-state index in [2.05, 4.69) is 37.8 Å². The van der Waals surface area contributed by atoms with E-state index in [9.17, 15) is 8.42 Å². The number of sulfonamides is 1. The molecule has 1 N–H and O–H groups in total. The van der Waals surface area contributed by atoms with Crippen LogP contribution in [-0.4, -0.2) is 80.8 Å². The van der Waals surface area contributed by atoms with Crippen molar-refractivity contribution < 1.29 is 22.6 Å². The summed E-state index contributed by atoms with van der Waals surface area (Å²) < 4.78 is 46.8. The summed E-state index contributed by atoms with van der Waals surface area (Å²) in [6.07, 6.45) is 0.340. The number of ether oxygens (including phenoxy) is 3. The Kier molecular flexibility index (Phi) is 9.65. The fourth-order valence-electron chi connectivity index (χ4n) is 4.40. The second-order valence-electron chi connectivity index (χ2n) is 9.51. The molecule has 0 bridgehead atoms. The maximum atomic E-state index is 12.7. The normalized spacial score (nSPS) is 15.2. The molecule has 12 heteroatoms. The summed E-state index contributed by atoms with van der Waals surface area (Å²) in [6.45, 7) is 8.44. The van der Waals surface area contributed by atoms with Crippen molar-refractivity contribution in [1.82, 2.24) is 24.4 Å². The summed E-state index contributed by atoms with van der Waals surface area (Å²) in [4.78, 5) is 4.65. The number of aromatic nitrogens is 3. The van der Waals surface area contributed by atoms with Crippen molar-refractivity contribution in [2.45, 2.75) is 32.9 Å². The van der Waals surface area contributed by atoms with E-state index in [1.807, 2.05) is 25.1 Å². The average Bonchev–Trinajstić information content (AvgIpc) is 3.34. The number of anilines is 1. The van der Waals surface area contributed by atoms with Gasteiger partial charge in [0.15, 0.2) is 5.82 Å². The van der Waals surface area contributed by atoms with E-state index < -0.39 is 16.1 Å². The minimum absolute atomic E-state index is 0.0732. The Morgan fingerprint density at radius 2 is 1.72 bits per heavy atom. The lowest BCUT2D eigenvalue weighted by Gasteiger charge is -2.34. The molecule has 2 heterocycles. The third kappa shape index (κ3) is 7.84. The molecule has 0 spiro atoms. The van der Waals surface area contributed by atoms with Crippen molar-refractivity contribution in [3.63, 3.8) is 0 Å². The van der Waals surface area contributed by atoms with Gasteiger partial charge in [-0.3, -0.25) is 4.57 Å². The highest BCUT2D eigenvalue weighted by Crippen LogP contribution is 2.27. The number of nitrogens with one attached hydrogen (secondary N) is 1. The third-order valence-corrected chi connectivity index (χ3v) is 8.12. The predicted octanol–water partition coefficient (Wildman–Crippen LogP) is 3.30. The second-order valence-corrected chi connectivity index (χ2v) is 11.4. The fraction of sp³-hybridized carbons (Fsp3) is 0.481. The summed E-state index contributed by atoms with van der Waals surface area (Å²) in [7, 11) is 0.156. The number of hydrogen-bond donors (Lipinski definition) is 1. The van der Waals surface area contributed by atoms with E-state index in [1.54, 1.807) is 42.9 Å². The topological polar surface area (TPSA) is 111 Å². The lowest BCUT2D eigenvalue weighted by atomic mass is 10.2. The van der Waals surface area contributed by atoms with Gasteiger partial charge < -0.3 is 24.0 Å². The zero-order valence-electron chi connectivity index (χ0n) is 23.0. The number of methoxy groups -OCH3 is 1. The molecule has 11 nitrogen and oxygen atoms in total. The van der Waals surface area contributed by atoms with Crippen molar-refractivity contribution in [3.05, 3.63) is 54.4 Å². The van der Waals surface area contributed by atoms with Gasteiger partial charge in [-0.15, -0.1) is 5.10 Å². The smallest absolute Gasteiger partial charge is 0.322 e. The largest absolute Gasteiger partial charge is 0.497 e. The SMILES string of the molecule is CCn1c(Oc2cccc(N3CCN(C)CC3)c2)nnc1[C@@H](C)NS(=O)(=O)CCCOc1ccc(OC)cc1. The highest BCUT2D eigenvalue weighted by atomic mass is 32.2. The van der Waals surface area contributed by atoms with Gasteiger partial charge in [0, 0.05) is 44.5 Å². The van der Waals surface area contributed by atoms with Gasteiger partial charge in [0.25, 0.3) is 0 Å². The first-order chi connectivity index (χ1) is 18.8. The van der Waals surface area contributed by atoms with Crippen LogP contribution >= 0.6 is 0 Å². The van der Waals surface area contributed by atoms with Crippen LogP contribution in [0.25, 0.3) is 0 Å². The van der Waals surface area contributed by atoms with Crippen LogP contribution in [0.5, 0.6) is 23.3 Å². The summed E-state index contributed by atoms with van der Waals surface area (Å²) in [6, 6.07) is 14.8. The minimum Gasteiger partial charge on any atom is -0.497 e. The Morgan fingerprint density at radius 1 is 1.00 bits per heavy atom. The molecule has 0 radical (unpaired) electrons. The van der Waals surface area contributed by atoms with Crippen LogP contribution in [0.2, 0.25) is 0 Å². The number of piperazine rings is 1. The predicted molar refractivity (Wildman–Crippen MR) is 150 cm³/mol. The van der Waals surface area contributed by atoms with E-state index in [4.69, 9.17) is 14.2 Å². The zero-order valence-corrected chi connectivity index (χ0v) is 23.9. The standard InChI is InChI=1S/C27H38N6O5S/c1-5-33-26(21(2)30-39(34,35)19-7-18-37-24-12-10-23(36-4)11-13-24)28-29-27(33)38-25-9-6-8-22(20-25)32-16-14-31(3)15-17-32/h6,8-13,20-21,30H,5,7,14-19H2,1-4H3/t21-/m1/s1. The number of rotatable bonds is 13. The van der Waals surface area contributed by atoms with Crippen LogP contribution in [0.15, 0.2) is 48.5 Å². The molecule has 1 aliphatic heterocycles. The molecule has 212 valence electrons. The number of benzene rings is 2. The summed E-state index contributed by atoms with van der Waals surface area (Å²) in [5, 5.41) is 8.46. The highest BCUT2D eigenvalue weighted by molar-refractivity contribution is 7.89. The number of nitrogens with zero attached hydrogens (tertiary/aromatic N) is 5. The third-order valence-electron chi connectivity index (χ3n) is 6.59. The quantitative estimate of drug-likeness (QED) is 0.316. The second kappa shape index (κ2) is 13.1. The van der Waals surface area contributed by atoms with E-state index in [1.165, 1.54) is 0 Å². The molecule has 1 aromatic heterocycles. The highest BCUT2D eigenvalue weighted by Gasteiger charge is 2.23. The van der Waals surface area contributed by atoms with E-state index in [0.717, 1.165) is 37.6 Å². The lowest BCUT2D eigenvalue weighted by molar-refractivity contribution is 0.312. The van der Waals surface area contributed by atoms with Gasteiger partial charge in [0.1, 0.15) is 17.2 Å². The molecule has 2 aromatic carbocycles. The first-order valence-electron chi connectivity index (χ1n) is 13.2. The molecular weight excluding hydrogens is 520 g/mol. The van der Waals surface area contributed by atoms with Crippen LogP contribution in [-0.2, 0) is 16.6 Å². The molecule has 1 atom stereocenters. The van der Waals surface area contributed by atoms with Gasteiger partial charge in [0.05, 0.1) is 25.5 Å². The molecule has 0 aliphatic carbocycles. The minimum atomic E-state index is -3.57. The van der Waals surface area contributed by atoms with Crippen LogP contribution in [0.3, 0.4) is 0 Å². The van der Waals surface area contributed by atoms with Crippen molar-refractivity contribution in [2.24, 2.45) is 0 Å². The Bertz CT molecular complexity index is 1310. The van der Waals surface area contributed by atoms with Gasteiger partial charge in [-0.25, -0.2) is 13.1 Å². The Balaban J connectivity index is 1.33. The molecule has 39 heavy (non-hydrogen) atoms. The van der Waals surface area contributed by atoms with Crippen molar-refractivity contribution in [3.8, 4) is 23.3 Å². The molecule has 4 rings (SSSR count). The zero-order chi connectivity index (χ0) is 27.8. The number of likely N-dealkylation sites (N-methyl/N-ethyl adjacent to an activating group) is 1. The number of hydrogen-bond acceptors (Lipinski definition) is 9. The first-order valence-corrected chi connectivity index (χ1v) is 14.8. The van der Waals surface area contributed by atoms with Gasteiger partial charge in [0.2, 0.25) is 10.0 Å². The molecule has 1 aliphatic rings. The molecule has 1 saturated heterocycles. The summed E-state index contributed by atoms with van der Waals surface area (Å²) in [5.41, 5.74) is 1.10. The maximum absolute atomic E-state index is 12.7. The Labute approximate surface area is 230 Å². The van der Waals surface area contributed by atoms with Gasteiger partial charge in [-0.2, -0.15) is 0 Å². The Morgan fingerprint density at radius 3 is 2.41 bits per heavy atom. The van der Waals surface area contributed by atoms with Crippen molar-refractivity contribution in [1.29, 1.82) is 0 Å². The molecule has 0 amide bonds. The summed E-state index contributed by atoms with van der Waals surface area (Å²) >= 11 is 0. The van der Waals surface area contributed by atoms with Crippen molar-refractivity contribution >= 4 is 15.7 Å². The van der Waals surface area contributed by atoms with Crippen LogP contribution in [0.4, 0.5) is 5.69 Å². The van der Waals surface area contributed by atoms with Crippen LogP contribution < -0.4 is 23.8 Å². The van der Waals surface area contributed by atoms with E-state index in [0.29, 0.717) is 36.3 Å². The van der Waals surface area contributed by atoms with Crippen LogP contribution in [0, 0.1) is 0 Å². The summed E-state index contributed by atoms with van der Waals surface area (Å²) in [5.74, 6) is 2.46. The average molecular weight is 559 g/mol. The first kappa shape index (κ1) is 28.7. The molecular formula is C27H38N6O5S. The van der Waals surface area contributed by atoms with E-state index >= 15 is 0 Å². The van der Waals surface area contributed by atoms with Gasteiger partial charge in [-0.1, -0.05) is 11.2 Å². The Hall–Kier alpha value is -3.35. The van der Waals surface area contributed by atoms with Crippen molar-refractivity contribution in [2.75, 3.05) is 57.6 Å². The molecule has 1 fully saturated rings. The van der Waals surface area contributed by atoms with E-state index in [-0.39, 0.29) is 12.4 Å². The van der Waals surface area contributed by atoms with Gasteiger partial charge >= 0.3 is 6.01 Å². The lowest BCUT2D eigenvalue weighted by Crippen LogP contribution is -2.44. The van der Waals surface area contributed by atoms with Crippen LogP contribution in [0.1, 0.15) is 32.1 Å². The molecule has 0 saturated carbocycles. The monoisotopic (exact) mass is 558 g/mol. The maximum Gasteiger partial charge on any atom is 0.322 e. The van der Waals surface area contributed by atoms with Gasteiger partial charge in [-0.05, 0) is 63.7 Å². The molecule has 3 aromatic rings. The molecule has 0 unspecified atom stereocenters.